The SMILES string of the molecule is NOCCc1c(F)cc2c(c1F)CCO2. The Balaban J connectivity index is 2.37. The van der Waals surface area contributed by atoms with E-state index in [0.29, 0.717) is 24.3 Å². The molecular weight excluding hydrogens is 204 g/mol. The van der Waals surface area contributed by atoms with Crippen molar-refractivity contribution in [2.75, 3.05) is 13.2 Å². The molecule has 0 atom stereocenters. The fourth-order valence-corrected chi connectivity index (χ4v) is 1.70. The number of fused-ring (bicyclic) bond motifs is 1. The normalized spacial score (nSPS) is 13.8. The molecule has 15 heavy (non-hydrogen) atoms. The van der Waals surface area contributed by atoms with Crippen molar-refractivity contribution in [3.63, 3.8) is 0 Å². The lowest BCUT2D eigenvalue weighted by Crippen LogP contribution is -2.08. The second-order valence-electron chi connectivity index (χ2n) is 3.35. The number of rotatable bonds is 3. The van der Waals surface area contributed by atoms with Gasteiger partial charge in [-0.25, -0.2) is 14.7 Å². The summed E-state index contributed by atoms with van der Waals surface area (Å²) in [5, 5.41) is 0. The molecule has 0 unspecified atom stereocenters. The van der Waals surface area contributed by atoms with Crippen LogP contribution in [-0.4, -0.2) is 13.2 Å². The van der Waals surface area contributed by atoms with Crippen molar-refractivity contribution in [3.05, 3.63) is 28.8 Å². The monoisotopic (exact) mass is 215 g/mol. The Kier molecular flexibility index (Phi) is 2.83. The van der Waals surface area contributed by atoms with Gasteiger partial charge in [-0.05, 0) is 0 Å². The topological polar surface area (TPSA) is 44.5 Å². The molecule has 1 aliphatic rings. The molecule has 0 radical (unpaired) electrons. The maximum absolute atomic E-state index is 13.7. The van der Waals surface area contributed by atoms with Gasteiger partial charge in [0.05, 0.1) is 13.2 Å². The molecule has 1 heterocycles. The maximum Gasteiger partial charge on any atom is 0.136 e. The van der Waals surface area contributed by atoms with E-state index < -0.39 is 11.6 Å². The van der Waals surface area contributed by atoms with Crippen molar-refractivity contribution in [1.82, 2.24) is 0 Å². The summed E-state index contributed by atoms with van der Waals surface area (Å²) in [6.45, 7) is 0.496. The van der Waals surface area contributed by atoms with Gasteiger partial charge in [0.25, 0.3) is 0 Å². The maximum atomic E-state index is 13.7. The molecule has 0 amide bonds. The Hall–Kier alpha value is -1.20. The van der Waals surface area contributed by atoms with Crippen molar-refractivity contribution in [2.24, 2.45) is 5.90 Å². The van der Waals surface area contributed by atoms with E-state index in [1.165, 1.54) is 6.07 Å². The van der Waals surface area contributed by atoms with Gasteiger partial charge in [0.15, 0.2) is 0 Å². The van der Waals surface area contributed by atoms with Crippen LogP contribution < -0.4 is 10.6 Å². The van der Waals surface area contributed by atoms with E-state index in [4.69, 9.17) is 10.6 Å². The van der Waals surface area contributed by atoms with Crippen molar-refractivity contribution < 1.29 is 18.4 Å². The van der Waals surface area contributed by atoms with Crippen molar-refractivity contribution >= 4 is 0 Å². The van der Waals surface area contributed by atoms with Crippen LogP contribution in [0.5, 0.6) is 5.75 Å². The zero-order chi connectivity index (χ0) is 10.8. The number of benzene rings is 1. The zero-order valence-electron chi connectivity index (χ0n) is 8.06. The van der Waals surface area contributed by atoms with Gasteiger partial charge >= 0.3 is 0 Å². The molecule has 0 saturated heterocycles. The third-order valence-electron chi connectivity index (χ3n) is 2.45. The molecule has 0 spiro atoms. The summed E-state index contributed by atoms with van der Waals surface area (Å²) in [6, 6.07) is 1.22. The number of hydrogen-bond acceptors (Lipinski definition) is 3. The van der Waals surface area contributed by atoms with Crippen molar-refractivity contribution in [1.29, 1.82) is 0 Å². The summed E-state index contributed by atoms with van der Waals surface area (Å²) in [6.07, 6.45) is 0.610. The number of ether oxygens (including phenoxy) is 1. The minimum Gasteiger partial charge on any atom is -0.493 e. The number of halogens is 2. The van der Waals surface area contributed by atoms with Crippen LogP contribution in [0.1, 0.15) is 11.1 Å². The Morgan fingerprint density at radius 1 is 1.47 bits per heavy atom. The summed E-state index contributed by atoms with van der Waals surface area (Å²) in [5.74, 6) is 3.99. The van der Waals surface area contributed by atoms with Crippen LogP contribution in [0.4, 0.5) is 8.78 Å². The summed E-state index contributed by atoms with van der Waals surface area (Å²) < 4.78 is 32.2. The Labute approximate surface area is 85.7 Å². The predicted octanol–water partition coefficient (Wildman–Crippen LogP) is 1.33. The highest BCUT2D eigenvalue weighted by Crippen LogP contribution is 2.31. The molecule has 82 valence electrons. The van der Waals surface area contributed by atoms with E-state index in [9.17, 15) is 8.78 Å². The smallest absolute Gasteiger partial charge is 0.136 e. The van der Waals surface area contributed by atoms with Crippen LogP contribution >= 0.6 is 0 Å². The second-order valence-corrected chi connectivity index (χ2v) is 3.35. The van der Waals surface area contributed by atoms with Crippen molar-refractivity contribution in [3.8, 4) is 5.75 Å². The van der Waals surface area contributed by atoms with Crippen LogP contribution in [-0.2, 0) is 17.7 Å². The average Bonchev–Trinajstić information content (AvgIpc) is 2.65. The van der Waals surface area contributed by atoms with Crippen LogP contribution in [0.3, 0.4) is 0 Å². The standard InChI is InChI=1S/C10H11F2NO2/c11-8-5-9-7(1-3-14-9)10(12)6(8)2-4-15-13/h5H,1-4,13H2. The van der Waals surface area contributed by atoms with Crippen LogP contribution in [0.15, 0.2) is 6.07 Å². The highest BCUT2D eigenvalue weighted by molar-refractivity contribution is 5.42. The van der Waals surface area contributed by atoms with Gasteiger partial charge in [0, 0.05) is 30.0 Å². The molecular formula is C10H11F2NO2. The highest BCUT2D eigenvalue weighted by atomic mass is 19.1. The predicted molar refractivity (Wildman–Crippen MR) is 49.4 cm³/mol. The van der Waals surface area contributed by atoms with E-state index in [1.807, 2.05) is 0 Å². The van der Waals surface area contributed by atoms with Gasteiger partial charge in [-0.1, -0.05) is 0 Å². The summed E-state index contributed by atoms with van der Waals surface area (Å²) in [4.78, 5) is 4.31. The molecule has 3 nitrogen and oxygen atoms in total. The van der Waals surface area contributed by atoms with Crippen LogP contribution in [0.25, 0.3) is 0 Å². The van der Waals surface area contributed by atoms with Crippen LogP contribution in [0, 0.1) is 11.6 Å². The summed E-state index contributed by atoms with van der Waals surface area (Å²) in [7, 11) is 0. The lowest BCUT2D eigenvalue weighted by molar-refractivity contribution is 0.140. The average molecular weight is 215 g/mol. The molecule has 0 bridgehead atoms. The number of nitrogens with two attached hydrogens (primary N) is 1. The minimum absolute atomic E-state index is 0.0182. The van der Waals surface area contributed by atoms with Gasteiger partial charge in [-0.15, -0.1) is 0 Å². The van der Waals surface area contributed by atoms with E-state index in [-0.39, 0.29) is 18.6 Å². The lowest BCUT2D eigenvalue weighted by atomic mass is 10.0. The summed E-state index contributed by atoms with van der Waals surface area (Å²) >= 11 is 0. The lowest BCUT2D eigenvalue weighted by Gasteiger charge is -2.07. The molecule has 0 saturated carbocycles. The number of hydrogen-bond donors (Lipinski definition) is 1. The third kappa shape index (κ3) is 1.80. The van der Waals surface area contributed by atoms with Gasteiger partial charge in [-0.3, -0.25) is 0 Å². The van der Waals surface area contributed by atoms with Gasteiger partial charge in [-0.2, -0.15) is 0 Å². The molecule has 0 aromatic heterocycles. The molecule has 0 aliphatic carbocycles. The van der Waals surface area contributed by atoms with Gasteiger partial charge in [0.1, 0.15) is 17.4 Å². The van der Waals surface area contributed by atoms with E-state index in [1.54, 1.807) is 0 Å². The van der Waals surface area contributed by atoms with Crippen LogP contribution in [0.2, 0.25) is 0 Å². The van der Waals surface area contributed by atoms with Crippen molar-refractivity contribution in [2.45, 2.75) is 12.8 Å². The minimum atomic E-state index is -0.606. The Morgan fingerprint density at radius 3 is 3.00 bits per heavy atom. The zero-order valence-corrected chi connectivity index (χ0v) is 8.06. The van der Waals surface area contributed by atoms with Gasteiger partial charge < -0.3 is 9.57 Å². The third-order valence-corrected chi connectivity index (χ3v) is 2.45. The summed E-state index contributed by atoms with van der Waals surface area (Å²) in [5.41, 5.74) is 0.466. The first-order valence-electron chi connectivity index (χ1n) is 4.68. The molecule has 1 aromatic rings. The molecule has 5 heteroatoms. The molecule has 1 aliphatic heterocycles. The highest BCUT2D eigenvalue weighted by Gasteiger charge is 2.22. The second kappa shape index (κ2) is 4.12. The molecule has 2 N–H and O–H groups in total. The van der Waals surface area contributed by atoms with E-state index in [2.05, 4.69) is 4.84 Å². The first-order chi connectivity index (χ1) is 7.24. The fraction of sp³-hybridized carbons (Fsp3) is 0.400. The molecule has 2 rings (SSSR count). The largest absolute Gasteiger partial charge is 0.493 e. The first kappa shape index (κ1) is 10.3. The van der Waals surface area contributed by atoms with E-state index in [0.717, 1.165) is 0 Å². The Morgan fingerprint density at radius 2 is 2.27 bits per heavy atom. The quantitative estimate of drug-likeness (QED) is 0.773. The molecule has 1 aromatic carbocycles. The van der Waals surface area contributed by atoms with Gasteiger partial charge in [0.2, 0.25) is 0 Å². The Bertz CT molecular complexity index is 382. The van der Waals surface area contributed by atoms with E-state index >= 15 is 0 Å². The fourth-order valence-electron chi connectivity index (χ4n) is 1.70. The molecule has 0 fully saturated rings. The first-order valence-corrected chi connectivity index (χ1v) is 4.68.